The Kier molecular flexibility index (Phi) is 5.68. The second kappa shape index (κ2) is 8.14. The Balaban J connectivity index is 1.81. The van der Waals surface area contributed by atoms with Gasteiger partial charge in [0, 0.05) is 23.7 Å². The minimum Gasteiger partial charge on any atom is -0.396 e. The molecule has 136 valence electrons. The van der Waals surface area contributed by atoms with Crippen LogP contribution in [-0.2, 0) is 11.2 Å². The quantitative estimate of drug-likeness (QED) is 0.447. The van der Waals surface area contributed by atoms with E-state index in [9.17, 15) is 4.79 Å². The summed E-state index contributed by atoms with van der Waals surface area (Å²) in [5.41, 5.74) is 10.4. The van der Waals surface area contributed by atoms with E-state index in [0.717, 1.165) is 34.9 Å². The van der Waals surface area contributed by atoms with Crippen molar-refractivity contribution in [3.8, 4) is 11.1 Å². The highest BCUT2D eigenvalue weighted by Gasteiger charge is 2.14. The maximum atomic E-state index is 11.9. The van der Waals surface area contributed by atoms with E-state index in [2.05, 4.69) is 34.6 Å². The largest absolute Gasteiger partial charge is 0.396 e. The molecule has 0 bridgehead atoms. The molecular formula is C20H23N3O3. The van der Waals surface area contributed by atoms with Crippen LogP contribution < -0.4 is 11.1 Å². The van der Waals surface area contributed by atoms with Gasteiger partial charge in [0.1, 0.15) is 6.04 Å². The van der Waals surface area contributed by atoms with Gasteiger partial charge in [-0.2, -0.15) is 0 Å². The van der Waals surface area contributed by atoms with Crippen molar-refractivity contribution in [1.29, 1.82) is 0 Å². The maximum Gasteiger partial charge on any atom is 0.243 e. The third kappa shape index (κ3) is 3.94. The number of H-pyrrole nitrogens is 1. The molecule has 0 spiro atoms. The van der Waals surface area contributed by atoms with E-state index in [0.29, 0.717) is 5.69 Å². The van der Waals surface area contributed by atoms with Crippen molar-refractivity contribution in [3.63, 3.8) is 0 Å². The summed E-state index contributed by atoms with van der Waals surface area (Å²) in [4.78, 5) is 15.0. The molecule has 0 radical (unpaired) electrons. The first-order valence-electron chi connectivity index (χ1n) is 8.61. The monoisotopic (exact) mass is 353 g/mol. The molecule has 0 saturated heterocycles. The van der Waals surface area contributed by atoms with E-state index in [1.165, 1.54) is 5.56 Å². The Hall–Kier alpha value is -2.67. The Morgan fingerprint density at radius 3 is 2.54 bits per heavy atom. The zero-order valence-electron chi connectivity index (χ0n) is 14.4. The molecule has 1 unspecified atom stereocenters. The Bertz CT molecular complexity index is 887. The number of aryl methyl sites for hydroxylation is 1. The molecular weight excluding hydrogens is 330 g/mol. The summed E-state index contributed by atoms with van der Waals surface area (Å²) < 4.78 is 0. The molecule has 0 saturated carbocycles. The molecule has 6 nitrogen and oxygen atoms in total. The molecule has 6 heteroatoms. The van der Waals surface area contributed by atoms with Crippen LogP contribution in [-0.4, -0.2) is 40.4 Å². The lowest BCUT2D eigenvalue weighted by molar-refractivity contribution is -0.118. The van der Waals surface area contributed by atoms with Gasteiger partial charge < -0.3 is 26.2 Å². The number of aliphatic hydroxyl groups excluding tert-OH is 2. The van der Waals surface area contributed by atoms with Crippen LogP contribution in [0.15, 0.2) is 48.7 Å². The number of nitrogens with two attached hydrogens (primary N) is 1. The van der Waals surface area contributed by atoms with E-state index in [1.807, 2.05) is 18.2 Å². The van der Waals surface area contributed by atoms with Crippen molar-refractivity contribution < 1.29 is 15.0 Å². The molecule has 0 fully saturated rings. The number of anilines is 1. The summed E-state index contributed by atoms with van der Waals surface area (Å²) in [5, 5.41) is 21.5. The van der Waals surface area contributed by atoms with Gasteiger partial charge in [-0.15, -0.1) is 0 Å². The zero-order chi connectivity index (χ0) is 18.5. The molecule has 26 heavy (non-hydrogen) atoms. The van der Waals surface area contributed by atoms with Gasteiger partial charge in [0.2, 0.25) is 5.91 Å². The second-order valence-corrected chi connectivity index (χ2v) is 6.27. The lowest BCUT2D eigenvalue weighted by atomic mass is 10.0. The number of benzene rings is 2. The summed E-state index contributed by atoms with van der Waals surface area (Å²) in [5.74, 6) is -0.420. The van der Waals surface area contributed by atoms with Gasteiger partial charge in [-0.1, -0.05) is 36.4 Å². The highest BCUT2D eigenvalue weighted by molar-refractivity contribution is 6.04. The van der Waals surface area contributed by atoms with Crippen molar-refractivity contribution in [3.05, 3.63) is 54.2 Å². The fraction of sp³-hybridized carbons (Fsp3) is 0.250. The van der Waals surface area contributed by atoms with Crippen LogP contribution in [0.4, 0.5) is 5.69 Å². The molecule has 2 aromatic carbocycles. The van der Waals surface area contributed by atoms with Crippen molar-refractivity contribution in [2.75, 3.05) is 18.5 Å². The standard InChI is InChI=1S/C20H23N3O3/c21-17(12-25)20(26)23-19-11-22-18-10-15(7-8-16(18)19)14-5-3-13(4-6-14)2-1-9-24/h3-8,10-11,17,22,24-25H,1-2,9,12,21H2,(H,23,26). The predicted octanol–water partition coefficient (Wildman–Crippen LogP) is 2.02. The second-order valence-electron chi connectivity index (χ2n) is 6.27. The number of hydrogen-bond acceptors (Lipinski definition) is 4. The molecule has 1 aromatic heterocycles. The Morgan fingerprint density at radius 1 is 1.12 bits per heavy atom. The van der Waals surface area contributed by atoms with Crippen LogP contribution in [0.25, 0.3) is 22.0 Å². The predicted molar refractivity (Wildman–Crippen MR) is 103 cm³/mol. The Labute approximate surface area is 151 Å². The van der Waals surface area contributed by atoms with Crippen LogP contribution in [0.3, 0.4) is 0 Å². The van der Waals surface area contributed by atoms with E-state index >= 15 is 0 Å². The first kappa shape index (κ1) is 18.1. The fourth-order valence-corrected chi connectivity index (χ4v) is 2.86. The maximum absolute atomic E-state index is 11.9. The number of rotatable bonds is 7. The average Bonchev–Trinajstić information content (AvgIpc) is 3.08. The van der Waals surface area contributed by atoms with Gasteiger partial charge in [-0.3, -0.25) is 4.79 Å². The number of fused-ring (bicyclic) bond motifs is 1. The Morgan fingerprint density at radius 2 is 1.85 bits per heavy atom. The van der Waals surface area contributed by atoms with Gasteiger partial charge in [0.25, 0.3) is 0 Å². The minimum absolute atomic E-state index is 0.202. The summed E-state index contributed by atoms with van der Waals surface area (Å²) in [6, 6.07) is 13.3. The molecule has 0 aliphatic carbocycles. The number of aliphatic hydroxyl groups is 2. The van der Waals surface area contributed by atoms with Crippen LogP contribution >= 0.6 is 0 Å². The normalized spacial score (nSPS) is 12.3. The third-order valence-electron chi connectivity index (χ3n) is 4.38. The summed E-state index contributed by atoms with van der Waals surface area (Å²) in [7, 11) is 0. The number of carbonyl (C=O) groups is 1. The summed E-state index contributed by atoms with van der Waals surface area (Å²) in [6.45, 7) is -0.194. The third-order valence-corrected chi connectivity index (χ3v) is 4.38. The first-order valence-corrected chi connectivity index (χ1v) is 8.61. The number of hydrogen-bond donors (Lipinski definition) is 5. The van der Waals surface area contributed by atoms with Crippen molar-refractivity contribution in [2.45, 2.75) is 18.9 Å². The minimum atomic E-state index is -0.941. The van der Waals surface area contributed by atoms with Crippen molar-refractivity contribution in [1.82, 2.24) is 4.98 Å². The molecule has 1 heterocycles. The van der Waals surface area contributed by atoms with Crippen LogP contribution in [0.5, 0.6) is 0 Å². The molecule has 3 rings (SSSR count). The number of carbonyl (C=O) groups excluding carboxylic acids is 1. The lowest BCUT2D eigenvalue weighted by Gasteiger charge is -2.09. The lowest BCUT2D eigenvalue weighted by Crippen LogP contribution is -2.38. The molecule has 3 aromatic rings. The smallest absolute Gasteiger partial charge is 0.243 e. The number of aromatic amines is 1. The summed E-state index contributed by atoms with van der Waals surface area (Å²) in [6.07, 6.45) is 3.35. The molecule has 1 amide bonds. The number of nitrogens with one attached hydrogen (secondary N) is 2. The van der Waals surface area contributed by atoms with Crippen LogP contribution in [0, 0.1) is 0 Å². The van der Waals surface area contributed by atoms with Gasteiger partial charge in [-0.25, -0.2) is 0 Å². The number of aromatic nitrogens is 1. The van der Waals surface area contributed by atoms with Crippen LogP contribution in [0.1, 0.15) is 12.0 Å². The summed E-state index contributed by atoms with van der Waals surface area (Å²) >= 11 is 0. The van der Waals surface area contributed by atoms with E-state index in [-0.39, 0.29) is 6.61 Å². The van der Waals surface area contributed by atoms with Gasteiger partial charge in [0.15, 0.2) is 0 Å². The first-order chi connectivity index (χ1) is 12.6. The van der Waals surface area contributed by atoms with E-state index in [4.69, 9.17) is 15.9 Å². The van der Waals surface area contributed by atoms with Gasteiger partial charge in [-0.05, 0) is 35.6 Å². The highest BCUT2D eigenvalue weighted by Crippen LogP contribution is 2.29. The molecule has 0 aliphatic heterocycles. The van der Waals surface area contributed by atoms with Crippen LogP contribution in [0.2, 0.25) is 0 Å². The van der Waals surface area contributed by atoms with E-state index in [1.54, 1.807) is 6.20 Å². The van der Waals surface area contributed by atoms with Gasteiger partial charge >= 0.3 is 0 Å². The highest BCUT2D eigenvalue weighted by atomic mass is 16.3. The zero-order valence-corrected chi connectivity index (χ0v) is 14.4. The number of amides is 1. The molecule has 0 aliphatic rings. The van der Waals surface area contributed by atoms with E-state index < -0.39 is 18.6 Å². The van der Waals surface area contributed by atoms with Gasteiger partial charge in [0.05, 0.1) is 12.3 Å². The molecule has 6 N–H and O–H groups in total. The SMILES string of the molecule is NC(CO)C(=O)Nc1c[nH]c2cc(-c3ccc(CCCO)cc3)ccc12. The van der Waals surface area contributed by atoms with Crippen molar-refractivity contribution >= 4 is 22.5 Å². The van der Waals surface area contributed by atoms with Crippen molar-refractivity contribution in [2.24, 2.45) is 5.73 Å². The average molecular weight is 353 g/mol. The topological polar surface area (TPSA) is 111 Å². The molecule has 1 atom stereocenters. The fourth-order valence-electron chi connectivity index (χ4n) is 2.86.